The molecule has 15 heavy (non-hydrogen) atoms. The number of esters is 1. The second-order valence-corrected chi connectivity index (χ2v) is 3.85. The van der Waals surface area contributed by atoms with Crippen LogP contribution in [0.4, 0.5) is 0 Å². The van der Waals surface area contributed by atoms with Crippen LogP contribution in [0, 0.1) is 13.8 Å². The number of carbonyl (C=O) groups is 1. The van der Waals surface area contributed by atoms with Gasteiger partial charge in [0.1, 0.15) is 0 Å². The van der Waals surface area contributed by atoms with E-state index in [0.717, 1.165) is 6.26 Å². The summed E-state index contributed by atoms with van der Waals surface area (Å²) in [6, 6.07) is 0. The fourth-order valence-corrected chi connectivity index (χ4v) is 0.733. The van der Waals surface area contributed by atoms with Gasteiger partial charge in [0.25, 0.3) is 16.1 Å². The predicted molar refractivity (Wildman–Crippen MR) is 52.8 cm³/mol. The third kappa shape index (κ3) is 25.1. The third-order valence-corrected chi connectivity index (χ3v) is 1.47. The van der Waals surface area contributed by atoms with Crippen molar-refractivity contribution in [1.29, 1.82) is 0 Å². The SMILES string of the molecule is [CH2-]CC(=O)OC.[CH2-]CCOS(C)(=O)=O.[Y]. The molecule has 0 saturated carbocycles. The van der Waals surface area contributed by atoms with Crippen LogP contribution < -0.4 is 0 Å². The van der Waals surface area contributed by atoms with Crippen LogP contribution in [-0.2, 0) is 56.5 Å². The monoisotopic (exact) mass is 313 g/mol. The second-order valence-electron chi connectivity index (χ2n) is 2.21. The summed E-state index contributed by atoms with van der Waals surface area (Å²) in [5, 5.41) is 0. The first-order chi connectivity index (χ1) is 6.37. The van der Waals surface area contributed by atoms with Crippen molar-refractivity contribution in [1.82, 2.24) is 0 Å². The normalized spacial score (nSPS) is 9.33. The van der Waals surface area contributed by atoms with Crippen LogP contribution in [0.5, 0.6) is 0 Å². The first-order valence-corrected chi connectivity index (χ1v) is 5.68. The molecule has 0 unspecified atom stereocenters. The molecular formula is C8H16O5SY-2. The quantitative estimate of drug-likeness (QED) is 0.431. The van der Waals surface area contributed by atoms with E-state index < -0.39 is 10.1 Å². The Morgan fingerprint density at radius 3 is 1.87 bits per heavy atom. The maximum Gasteiger partial charge on any atom is 0.275 e. The van der Waals surface area contributed by atoms with Gasteiger partial charge >= 0.3 is 0 Å². The Labute approximate surface area is 117 Å². The summed E-state index contributed by atoms with van der Waals surface area (Å²) in [6.45, 7) is 6.86. The maximum absolute atomic E-state index is 10.1. The van der Waals surface area contributed by atoms with Crippen molar-refractivity contribution >= 4 is 16.1 Å². The van der Waals surface area contributed by atoms with Gasteiger partial charge in [-0.2, -0.15) is 14.8 Å². The molecule has 1 radical (unpaired) electrons. The molecule has 0 aliphatic heterocycles. The van der Waals surface area contributed by atoms with Crippen molar-refractivity contribution < 1.29 is 54.8 Å². The number of methoxy groups -OCH3 is 1. The minimum atomic E-state index is -3.23. The van der Waals surface area contributed by atoms with E-state index in [1.807, 2.05) is 0 Å². The van der Waals surface area contributed by atoms with Crippen LogP contribution >= 0.6 is 0 Å². The Balaban J connectivity index is -0.000000187. The summed E-state index contributed by atoms with van der Waals surface area (Å²) < 4.78 is 28.8. The van der Waals surface area contributed by atoms with Gasteiger partial charge in [-0.25, -0.2) is 0 Å². The number of ether oxygens (including phenoxy) is 1. The number of carbonyl (C=O) groups excluding carboxylic acids is 1. The number of rotatable bonds is 4. The molecule has 0 rings (SSSR count). The smallest absolute Gasteiger partial charge is 0.275 e. The van der Waals surface area contributed by atoms with Crippen LogP contribution in [-0.4, -0.2) is 34.4 Å². The Morgan fingerprint density at radius 2 is 1.80 bits per heavy atom. The Bertz CT molecular complexity index is 231. The van der Waals surface area contributed by atoms with Crippen molar-refractivity contribution in [3.8, 4) is 0 Å². The standard InChI is InChI=1S/C4H9O3S.C4H7O2.Y/c1-3-4-7-8(2,5)6;1-3-4(5)6-2;/h1,3-4H2,2H3;1,3H2,2H3;/q2*-1;. The molecule has 0 aliphatic carbocycles. The van der Waals surface area contributed by atoms with Crippen molar-refractivity contribution in [3.05, 3.63) is 13.8 Å². The van der Waals surface area contributed by atoms with E-state index >= 15 is 0 Å². The molecule has 0 amide bonds. The molecule has 0 bridgehead atoms. The molecule has 5 nitrogen and oxygen atoms in total. The molecule has 0 fully saturated rings. The number of hydrogen-bond acceptors (Lipinski definition) is 5. The van der Waals surface area contributed by atoms with Crippen LogP contribution in [0.2, 0.25) is 0 Å². The molecule has 0 aliphatic rings. The minimum absolute atomic E-state index is 0. The molecule has 7 heteroatoms. The topological polar surface area (TPSA) is 69.7 Å². The molecule has 0 spiro atoms. The van der Waals surface area contributed by atoms with Crippen molar-refractivity contribution in [2.24, 2.45) is 0 Å². The maximum atomic E-state index is 10.1. The third-order valence-electron chi connectivity index (χ3n) is 0.874. The van der Waals surface area contributed by atoms with Gasteiger partial charge in [-0.05, 0) is 0 Å². The Morgan fingerprint density at radius 1 is 1.33 bits per heavy atom. The zero-order valence-electron chi connectivity index (χ0n) is 9.06. The summed E-state index contributed by atoms with van der Waals surface area (Å²) in [6.07, 6.45) is 1.71. The molecule has 0 aromatic rings. The van der Waals surface area contributed by atoms with E-state index in [-0.39, 0.29) is 51.7 Å². The summed E-state index contributed by atoms with van der Waals surface area (Å²) in [5.41, 5.74) is 0. The van der Waals surface area contributed by atoms with Gasteiger partial charge < -0.3 is 18.6 Å². The van der Waals surface area contributed by atoms with Crippen molar-refractivity contribution in [2.45, 2.75) is 12.8 Å². The van der Waals surface area contributed by atoms with Crippen LogP contribution in [0.25, 0.3) is 0 Å². The molecule has 0 heterocycles. The van der Waals surface area contributed by atoms with Crippen molar-refractivity contribution in [3.63, 3.8) is 0 Å². The largest absolute Gasteiger partial charge is 0.471 e. The summed E-state index contributed by atoms with van der Waals surface area (Å²) in [5.74, 6) is -0.269. The number of hydrogen-bond donors (Lipinski definition) is 0. The van der Waals surface area contributed by atoms with Gasteiger partial charge in [-0.3, -0.25) is 8.98 Å². The van der Waals surface area contributed by atoms with Gasteiger partial charge in [0.05, 0.1) is 13.4 Å². The molecule has 0 aromatic carbocycles. The van der Waals surface area contributed by atoms with E-state index in [1.165, 1.54) is 7.11 Å². The minimum Gasteiger partial charge on any atom is -0.471 e. The molecule has 0 aromatic heterocycles. The van der Waals surface area contributed by atoms with E-state index in [4.69, 9.17) is 0 Å². The molecule has 0 saturated heterocycles. The van der Waals surface area contributed by atoms with Crippen LogP contribution in [0.15, 0.2) is 0 Å². The van der Waals surface area contributed by atoms with Crippen LogP contribution in [0.1, 0.15) is 12.8 Å². The van der Waals surface area contributed by atoms with Gasteiger partial charge in [-0.15, -0.1) is 0 Å². The zero-order chi connectivity index (χ0) is 11.6. The Hall–Kier alpha value is 0.484. The van der Waals surface area contributed by atoms with Crippen molar-refractivity contribution in [2.75, 3.05) is 20.0 Å². The fourth-order valence-electron chi connectivity index (χ4n) is 0.312. The van der Waals surface area contributed by atoms with E-state index in [9.17, 15) is 13.2 Å². The summed E-state index contributed by atoms with van der Waals surface area (Å²) >= 11 is 0. The Kier molecular flexibility index (Phi) is 17.4. The van der Waals surface area contributed by atoms with Gasteiger partial charge in [0, 0.05) is 39.3 Å². The van der Waals surface area contributed by atoms with Gasteiger partial charge in [0.2, 0.25) is 0 Å². The molecule has 0 N–H and O–H groups in total. The average molecular weight is 313 g/mol. The zero-order valence-corrected chi connectivity index (χ0v) is 12.7. The fraction of sp³-hybridized carbons (Fsp3) is 0.625. The molecule has 0 atom stereocenters. The van der Waals surface area contributed by atoms with Gasteiger partial charge in [-0.1, -0.05) is 6.42 Å². The van der Waals surface area contributed by atoms with Gasteiger partial charge in [0.15, 0.2) is 0 Å². The molecular weight excluding hydrogens is 297 g/mol. The molecule has 89 valence electrons. The van der Waals surface area contributed by atoms with E-state index in [2.05, 4.69) is 22.8 Å². The first-order valence-electron chi connectivity index (χ1n) is 3.87. The van der Waals surface area contributed by atoms with E-state index in [0.29, 0.717) is 6.42 Å². The summed E-state index contributed by atoms with van der Waals surface area (Å²) in [4.78, 5) is 9.90. The predicted octanol–water partition coefficient (Wildman–Crippen LogP) is 0.568. The average Bonchev–Trinajstić information content (AvgIpc) is 2.13. The van der Waals surface area contributed by atoms with Crippen LogP contribution in [0.3, 0.4) is 0 Å². The second kappa shape index (κ2) is 12.6. The summed E-state index contributed by atoms with van der Waals surface area (Å²) in [7, 11) is -1.89. The first kappa shape index (κ1) is 20.8. The van der Waals surface area contributed by atoms with E-state index in [1.54, 1.807) is 0 Å².